The fourth-order valence-electron chi connectivity index (χ4n) is 6.77. The summed E-state index contributed by atoms with van der Waals surface area (Å²) < 4.78 is 39.3. The number of carbonyl (C=O) groups excluding carboxylic acids is 3. The predicted molar refractivity (Wildman–Crippen MR) is 297 cm³/mol. The van der Waals surface area contributed by atoms with Gasteiger partial charge in [0.05, 0.1) is 26.2 Å². The van der Waals surface area contributed by atoms with E-state index < -0.39 is 57.8 Å². The van der Waals surface area contributed by atoms with Gasteiger partial charge in [0.15, 0.2) is 6.10 Å². The number of ether oxygens (including phenoxy) is 3. The zero-order valence-corrected chi connectivity index (χ0v) is 45.7. The summed E-state index contributed by atoms with van der Waals surface area (Å²) in [6.07, 6.45) is 64.7. The van der Waals surface area contributed by atoms with E-state index in [0.29, 0.717) is 19.3 Å². The topological polar surface area (TPSA) is 155 Å². The first-order valence-corrected chi connectivity index (χ1v) is 28.9. The first kappa shape index (κ1) is 67.9. The van der Waals surface area contributed by atoms with Crippen molar-refractivity contribution >= 4 is 25.7 Å². The Morgan fingerprint density at radius 2 is 0.778 bits per heavy atom. The third-order valence-electron chi connectivity index (χ3n) is 10.9. The zero-order valence-electron chi connectivity index (χ0n) is 44.8. The summed E-state index contributed by atoms with van der Waals surface area (Å²) in [5.41, 5.74) is 0. The van der Waals surface area contributed by atoms with Crippen molar-refractivity contribution < 1.29 is 52.2 Å². The van der Waals surface area contributed by atoms with E-state index >= 15 is 0 Å². The van der Waals surface area contributed by atoms with Gasteiger partial charge < -0.3 is 24.2 Å². The quantitative estimate of drug-likeness (QED) is 0.0197. The molecule has 0 fully saturated rings. The number of hydrogen-bond donors (Lipinski definition) is 2. The Morgan fingerprint density at radius 3 is 1.22 bits per heavy atom. The summed E-state index contributed by atoms with van der Waals surface area (Å²) in [4.78, 5) is 48.4. The van der Waals surface area contributed by atoms with Crippen LogP contribution in [0.5, 0.6) is 0 Å². The highest BCUT2D eigenvalue weighted by atomic mass is 31.2. The number of phosphoric ester groups is 1. The first-order valence-electron chi connectivity index (χ1n) is 27.4. The second-order valence-electron chi connectivity index (χ2n) is 17.6. The summed E-state index contributed by atoms with van der Waals surface area (Å²) in [6.45, 7) is 4.22. The lowest BCUT2D eigenvalue weighted by atomic mass is 10.1. The van der Waals surface area contributed by atoms with E-state index in [1.165, 1.54) is 19.3 Å². The van der Waals surface area contributed by atoms with E-state index in [0.717, 1.165) is 122 Å². The summed E-state index contributed by atoms with van der Waals surface area (Å²) in [5.74, 6) is -1.67. The lowest BCUT2D eigenvalue weighted by Gasteiger charge is -2.21. The Bertz CT molecular complexity index is 1670. The molecule has 3 atom stereocenters. The average molecular weight is 1030 g/mol. The fraction of sp³-hybridized carbons (Fsp3) is 0.617. The SMILES string of the molecule is CC/C=C\C/C=C\C/C=C\C/C=C\C/C=C\CC(=O)OC(COC(=O)CCCCCCC/C=C\C/C=C\CCCCC)COP(=O)(O)OCC(CO)OC(=O)CCCCCCC/C=C\C/C=C\C/C=C\CC. The molecule has 0 saturated carbocycles. The molecule has 0 rings (SSSR count). The maximum absolute atomic E-state index is 12.9. The van der Waals surface area contributed by atoms with E-state index in [1.807, 2.05) is 18.2 Å². The van der Waals surface area contributed by atoms with Crippen LogP contribution in [0.25, 0.3) is 0 Å². The molecular weight excluding hydrogens is 928 g/mol. The number of aliphatic hydroxyl groups is 1. The van der Waals surface area contributed by atoms with E-state index in [-0.39, 0.29) is 25.9 Å². The van der Waals surface area contributed by atoms with Crippen LogP contribution in [0.3, 0.4) is 0 Å². The van der Waals surface area contributed by atoms with E-state index in [2.05, 4.69) is 118 Å². The third kappa shape index (κ3) is 50.8. The molecule has 3 unspecified atom stereocenters. The van der Waals surface area contributed by atoms with Crippen molar-refractivity contribution in [2.75, 3.05) is 26.4 Å². The molecule has 2 N–H and O–H groups in total. The molecule has 0 spiro atoms. The van der Waals surface area contributed by atoms with Crippen molar-refractivity contribution in [3.63, 3.8) is 0 Å². The van der Waals surface area contributed by atoms with Gasteiger partial charge in [-0.25, -0.2) is 4.57 Å². The van der Waals surface area contributed by atoms with Crippen LogP contribution in [0.1, 0.15) is 201 Å². The number of phosphoric acid groups is 1. The second-order valence-corrected chi connectivity index (χ2v) is 19.1. The Labute approximate surface area is 437 Å². The molecule has 0 aromatic carbocycles. The molecule has 0 radical (unpaired) electrons. The molecule has 12 heteroatoms. The monoisotopic (exact) mass is 1020 g/mol. The van der Waals surface area contributed by atoms with Crippen molar-refractivity contribution in [3.05, 3.63) is 122 Å². The van der Waals surface area contributed by atoms with Crippen LogP contribution >= 0.6 is 7.82 Å². The van der Waals surface area contributed by atoms with Gasteiger partial charge in [-0.05, 0) is 109 Å². The fourth-order valence-corrected chi connectivity index (χ4v) is 7.55. The highest BCUT2D eigenvalue weighted by Gasteiger charge is 2.28. The molecule has 0 saturated heterocycles. The zero-order chi connectivity index (χ0) is 52.7. The molecule has 0 heterocycles. The van der Waals surface area contributed by atoms with Crippen molar-refractivity contribution in [2.45, 2.75) is 213 Å². The maximum atomic E-state index is 12.9. The minimum Gasteiger partial charge on any atom is -0.462 e. The number of unbranched alkanes of at least 4 members (excludes halogenated alkanes) is 13. The smallest absolute Gasteiger partial charge is 0.462 e. The summed E-state index contributed by atoms with van der Waals surface area (Å²) in [5, 5.41) is 9.80. The Morgan fingerprint density at radius 1 is 0.417 bits per heavy atom. The van der Waals surface area contributed by atoms with Crippen LogP contribution in [-0.2, 0) is 42.2 Å². The minimum absolute atomic E-state index is 0.0749. The van der Waals surface area contributed by atoms with Gasteiger partial charge in [-0.1, -0.05) is 194 Å². The summed E-state index contributed by atoms with van der Waals surface area (Å²) in [7, 11) is -4.79. The molecule has 0 aromatic heterocycles. The van der Waals surface area contributed by atoms with E-state index in [9.17, 15) is 28.9 Å². The largest absolute Gasteiger partial charge is 0.472 e. The number of allylic oxidation sites excluding steroid dienone is 19. The molecule has 408 valence electrons. The predicted octanol–water partition coefficient (Wildman–Crippen LogP) is 16.0. The molecule has 0 aliphatic rings. The van der Waals surface area contributed by atoms with Gasteiger partial charge in [-0.15, -0.1) is 0 Å². The lowest BCUT2D eigenvalue weighted by Crippen LogP contribution is -2.30. The van der Waals surface area contributed by atoms with E-state index in [4.69, 9.17) is 23.3 Å². The number of esters is 3. The molecule has 72 heavy (non-hydrogen) atoms. The van der Waals surface area contributed by atoms with Gasteiger partial charge >= 0.3 is 25.7 Å². The molecule has 0 amide bonds. The van der Waals surface area contributed by atoms with Crippen molar-refractivity contribution in [2.24, 2.45) is 0 Å². The van der Waals surface area contributed by atoms with Gasteiger partial charge in [0.25, 0.3) is 0 Å². The van der Waals surface area contributed by atoms with Crippen LogP contribution < -0.4 is 0 Å². The molecule has 0 aliphatic carbocycles. The van der Waals surface area contributed by atoms with Gasteiger partial charge in [0.1, 0.15) is 12.7 Å². The van der Waals surface area contributed by atoms with Gasteiger partial charge in [-0.2, -0.15) is 0 Å². The van der Waals surface area contributed by atoms with Crippen LogP contribution in [0, 0.1) is 0 Å². The minimum atomic E-state index is -4.79. The van der Waals surface area contributed by atoms with Gasteiger partial charge in [0.2, 0.25) is 0 Å². The third-order valence-corrected chi connectivity index (χ3v) is 11.8. The average Bonchev–Trinajstić information content (AvgIpc) is 3.37. The van der Waals surface area contributed by atoms with Crippen LogP contribution in [0.15, 0.2) is 122 Å². The van der Waals surface area contributed by atoms with Gasteiger partial charge in [-0.3, -0.25) is 23.4 Å². The standard InChI is InChI=1S/C60H97O11P/c1-4-7-10-13-16-19-22-25-28-31-34-37-40-43-46-49-58(62)67-53-57(71-60(64)51-48-45-42-39-36-33-30-27-24-21-18-15-12-9-6-3)55-69-72(65,66)68-54-56(52-61)70-59(63)50-47-44-41-38-35-32-29-26-23-20-17-14-11-8-5-2/h8-9,11-12,16-21,25-30,36,39,45,48,56-57,61H,4-7,10,13-15,22-24,31-35,37-38,40-44,46-47,49-55H2,1-3H3,(H,65,66)/b11-8-,12-9-,19-16-,20-17-,21-18-,28-25-,29-26-,30-27-,39-36-,48-45-. The van der Waals surface area contributed by atoms with Crippen LogP contribution in [0.4, 0.5) is 0 Å². The van der Waals surface area contributed by atoms with Crippen LogP contribution in [0.2, 0.25) is 0 Å². The van der Waals surface area contributed by atoms with Crippen molar-refractivity contribution in [1.82, 2.24) is 0 Å². The molecular formula is C60H97O11P. The number of aliphatic hydroxyl groups excluding tert-OH is 1. The summed E-state index contributed by atoms with van der Waals surface area (Å²) in [6, 6.07) is 0. The van der Waals surface area contributed by atoms with Crippen molar-refractivity contribution in [3.8, 4) is 0 Å². The van der Waals surface area contributed by atoms with Gasteiger partial charge in [0, 0.05) is 12.8 Å². The Hall–Kier alpha value is -4.12. The Balaban J connectivity index is 4.88. The van der Waals surface area contributed by atoms with Crippen molar-refractivity contribution in [1.29, 1.82) is 0 Å². The highest BCUT2D eigenvalue weighted by Crippen LogP contribution is 2.43. The first-order chi connectivity index (χ1) is 35.2. The lowest BCUT2D eigenvalue weighted by molar-refractivity contribution is -0.160. The maximum Gasteiger partial charge on any atom is 0.472 e. The molecule has 0 aliphatic heterocycles. The molecule has 0 aromatic rings. The number of rotatable bonds is 49. The number of hydrogen-bond acceptors (Lipinski definition) is 10. The Kier molecular flexibility index (Phi) is 50.1. The molecule has 11 nitrogen and oxygen atoms in total. The normalized spacial score (nSPS) is 14.3. The van der Waals surface area contributed by atoms with Crippen LogP contribution in [-0.4, -0.2) is 66.5 Å². The number of carbonyl (C=O) groups is 3. The van der Waals surface area contributed by atoms with E-state index in [1.54, 1.807) is 6.08 Å². The molecule has 0 bridgehead atoms. The second kappa shape index (κ2) is 53.2. The summed E-state index contributed by atoms with van der Waals surface area (Å²) >= 11 is 0. The highest BCUT2D eigenvalue weighted by molar-refractivity contribution is 7.47.